The fraction of sp³-hybridized carbons (Fsp3) is 0.417. The van der Waals surface area contributed by atoms with Gasteiger partial charge in [-0.05, 0) is 26.0 Å². The molecule has 0 saturated carbocycles. The van der Waals surface area contributed by atoms with E-state index in [0.717, 1.165) is 5.76 Å². The summed E-state index contributed by atoms with van der Waals surface area (Å²) in [4.78, 5) is 0.259. The van der Waals surface area contributed by atoms with Gasteiger partial charge in [0.15, 0.2) is 0 Å². The van der Waals surface area contributed by atoms with Crippen molar-refractivity contribution in [2.24, 2.45) is 0 Å². The van der Waals surface area contributed by atoms with Crippen LogP contribution in [0.1, 0.15) is 17.1 Å². The summed E-state index contributed by atoms with van der Waals surface area (Å²) in [6, 6.07) is 3.61. The van der Waals surface area contributed by atoms with Gasteiger partial charge in [0, 0.05) is 20.0 Å². The highest BCUT2D eigenvalue weighted by Gasteiger charge is 2.26. The van der Waals surface area contributed by atoms with E-state index in [9.17, 15) is 8.42 Å². The second-order valence-corrected chi connectivity index (χ2v) is 6.40. The van der Waals surface area contributed by atoms with E-state index in [-0.39, 0.29) is 4.90 Å². The van der Waals surface area contributed by atoms with Gasteiger partial charge in [-0.1, -0.05) is 0 Å². The lowest BCUT2D eigenvalue weighted by molar-refractivity contribution is 0.441. The Kier molecular flexibility index (Phi) is 3.77. The summed E-state index contributed by atoms with van der Waals surface area (Å²) in [5.41, 5.74) is 1.05. The molecular formula is C12H17N3O3S. The van der Waals surface area contributed by atoms with E-state index in [1.807, 2.05) is 6.07 Å². The Hall–Kier alpha value is -1.60. The molecule has 0 atom stereocenters. The third kappa shape index (κ3) is 2.71. The number of sulfonamides is 1. The average Bonchev–Trinajstić information content (AvgIpc) is 2.96. The van der Waals surface area contributed by atoms with Crippen molar-refractivity contribution in [2.75, 3.05) is 13.6 Å². The molecule has 0 unspecified atom stereocenters. The van der Waals surface area contributed by atoms with Crippen molar-refractivity contribution in [3.05, 3.63) is 35.5 Å². The van der Waals surface area contributed by atoms with Gasteiger partial charge in [0.05, 0.1) is 17.7 Å². The Bertz CT molecular complexity index is 624. The zero-order chi connectivity index (χ0) is 14.0. The number of aryl methyl sites for hydroxylation is 2. The third-order valence-corrected chi connectivity index (χ3v) is 5.10. The summed E-state index contributed by atoms with van der Waals surface area (Å²) >= 11 is 0. The molecule has 0 aromatic carbocycles. The van der Waals surface area contributed by atoms with Gasteiger partial charge in [-0.25, -0.2) is 12.7 Å². The maximum Gasteiger partial charge on any atom is 0.246 e. The number of furan rings is 1. The first-order valence-corrected chi connectivity index (χ1v) is 7.37. The molecule has 2 rings (SSSR count). The Balaban J connectivity index is 2.16. The summed E-state index contributed by atoms with van der Waals surface area (Å²) in [6.45, 7) is 3.74. The van der Waals surface area contributed by atoms with Gasteiger partial charge >= 0.3 is 0 Å². The SMILES string of the molecule is Cc1n[nH]c(C)c1S(=O)(=O)N(C)CCc1ccco1. The molecule has 0 saturated heterocycles. The van der Waals surface area contributed by atoms with Crippen LogP contribution in [0, 0.1) is 13.8 Å². The highest BCUT2D eigenvalue weighted by Crippen LogP contribution is 2.20. The zero-order valence-corrected chi connectivity index (χ0v) is 12.0. The van der Waals surface area contributed by atoms with E-state index >= 15 is 0 Å². The average molecular weight is 283 g/mol. The lowest BCUT2D eigenvalue weighted by Gasteiger charge is -2.16. The molecule has 0 amide bonds. The van der Waals surface area contributed by atoms with Gasteiger partial charge in [0.1, 0.15) is 10.7 Å². The first kappa shape index (κ1) is 13.8. The topological polar surface area (TPSA) is 79.2 Å². The molecule has 0 aliphatic heterocycles. The second-order valence-electron chi connectivity index (χ2n) is 4.42. The van der Waals surface area contributed by atoms with Crippen LogP contribution >= 0.6 is 0 Å². The molecule has 6 nitrogen and oxygen atoms in total. The molecule has 0 aliphatic carbocycles. The number of hydrogen-bond acceptors (Lipinski definition) is 4. The van der Waals surface area contributed by atoms with Crippen LogP contribution < -0.4 is 0 Å². The molecule has 19 heavy (non-hydrogen) atoms. The predicted molar refractivity (Wildman–Crippen MR) is 70.3 cm³/mol. The molecule has 0 spiro atoms. The van der Waals surface area contributed by atoms with Gasteiger partial charge in [0.2, 0.25) is 10.0 Å². The second kappa shape index (κ2) is 5.18. The van der Waals surface area contributed by atoms with Crippen molar-refractivity contribution >= 4 is 10.0 Å². The fourth-order valence-electron chi connectivity index (χ4n) is 1.92. The van der Waals surface area contributed by atoms with Crippen LogP contribution in [0.4, 0.5) is 0 Å². The smallest absolute Gasteiger partial charge is 0.246 e. The highest BCUT2D eigenvalue weighted by molar-refractivity contribution is 7.89. The number of aromatic nitrogens is 2. The predicted octanol–water partition coefficient (Wildman–Crippen LogP) is 1.48. The summed E-state index contributed by atoms with van der Waals surface area (Å²) in [7, 11) is -1.95. The van der Waals surface area contributed by atoms with Crippen LogP contribution in [0.5, 0.6) is 0 Å². The molecule has 104 valence electrons. The largest absolute Gasteiger partial charge is 0.469 e. The summed E-state index contributed by atoms with van der Waals surface area (Å²) in [5, 5.41) is 6.62. The molecule has 2 aromatic rings. The van der Waals surface area contributed by atoms with Crippen LogP contribution in [0.25, 0.3) is 0 Å². The number of rotatable bonds is 5. The Morgan fingerprint density at radius 2 is 2.16 bits per heavy atom. The first-order chi connectivity index (χ1) is 8.93. The van der Waals surface area contributed by atoms with E-state index in [2.05, 4.69) is 10.2 Å². The Labute approximate surface area is 112 Å². The number of nitrogens with one attached hydrogen (secondary N) is 1. The van der Waals surface area contributed by atoms with Crippen LogP contribution in [0.3, 0.4) is 0 Å². The minimum atomic E-state index is -3.51. The van der Waals surface area contributed by atoms with Crippen molar-refractivity contribution in [3.63, 3.8) is 0 Å². The van der Waals surface area contributed by atoms with Crippen LogP contribution in [0.2, 0.25) is 0 Å². The molecule has 7 heteroatoms. The van der Waals surface area contributed by atoms with E-state index < -0.39 is 10.0 Å². The van der Waals surface area contributed by atoms with Gasteiger partial charge in [-0.3, -0.25) is 5.10 Å². The maximum absolute atomic E-state index is 12.4. The van der Waals surface area contributed by atoms with Crippen molar-refractivity contribution in [1.82, 2.24) is 14.5 Å². The molecular weight excluding hydrogens is 266 g/mol. The van der Waals surface area contributed by atoms with E-state index in [1.54, 1.807) is 33.2 Å². The van der Waals surface area contributed by atoms with E-state index in [4.69, 9.17) is 4.42 Å². The minimum Gasteiger partial charge on any atom is -0.469 e. The summed E-state index contributed by atoms with van der Waals surface area (Å²) in [6.07, 6.45) is 2.12. The normalized spacial score (nSPS) is 12.2. The monoisotopic (exact) mass is 283 g/mol. The molecule has 0 bridgehead atoms. The molecule has 0 radical (unpaired) electrons. The molecule has 0 aliphatic rings. The standard InChI is InChI=1S/C12H17N3O3S/c1-9-12(10(2)14-13-9)19(16,17)15(3)7-6-11-5-4-8-18-11/h4-5,8H,6-7H2,1-3H3,(H,13,14). The van der Waals surface area contributed by atoms with Gasteiger partial charge in [-0.15, -0.1) is 0 Å². The number of H-pyrrole nitrogens is 1. The minimum absolute atomic E-state index is 0.259. The summed E-state index contributed by atoms with van der Waals surface area (Å²) in [5.74, 6) is 0.766. The quantitative estimate of drug-likeness (QED) is 0.901. The lowest BCUT2D eigenvalue weighted by atomic mass is 10.3. The summed E-state index contributed by atoms with van der Waals surface area (Å²) < 4.78 is 31.4. The van der Waals surface area contributed by atoms with E-state index in [1.165, 1.54) is 4.31 Å². The highest BCUT2D eigenvalue weighted by atomic mass is 32.2. The van der Waals surface area contributed by atoms with Crippen molar-refractivity contribution in [1.29, 1.82) is 0 Å². The lowest BCUT2D eigenvalue weighted by Crippen LogP contribution is -2.29. The molecule has 2 aromatic heterocycles. The Morgan fingerprint density at radius 3 is 2.68 bits per heavy atom. The van der Waals surface area contributed by atoms with Crippen molar-refractivity contribution < 1.29 is 12.8 Å². The zero-order valence-electron chi connectivity index (χ0n) is 11.2. The van der Waals surface area contributed by atoms with E-state index in [0.29, 0.717) is 24.4 Å². The Morgan fingerprint density at radius 1 is 1.42 bits per heavy atom. The van der Waals surface area contributed by atoms with Crippen molar-refractivity contribution in [2.45, 2.75) is 25.2 Å². The number of hydrogen-bond donors (Lipinski definition) is 1. The van der Waals surface area contributed by atoms with Gasteiger partial charge in [-0.2, -0.15) is 5.10 Å². The molecule has 2 heterocycles. The van der Waals surface area contributed by atoms with Crippen LogP contribution in [-0.2, 0) is 16.4 Å². The van der Waals surface area contributed by atoms with Crippen molar-refractivity contribution in [3.8, 4) is 0 Å². The van der Waals surface area contributed by atoms with Gasteiger partial charge < -0.3 is 4.42 Å². The molecule has 0 fully saturated rings. The van der Waals surface area contributed by atoms with Gasteiger partial charge in [0.25, 0.3) is 0 Å². The first-order valence-electron chi connectivity index (χ1n) is 5.93. The number of likely N-dealkylation sites (N-methyl/N-ethyl adjacent to an activating group) is 1. The number of nitrogens with zero attached hydrogens (tertiary/aromatic N) is 2. The maximum atomic E-state index is 12.4. The van der Waals surface area contributed by atoms with Crippen LogP contribution in [-0.4, -0.2) is 36.5 Å². The van der Waals surface area contributed by atoms with Crippen LogP contribution in [0.15, 0.2) is 27.7 Å². The molecule has 1 N–H and O–H groups in total. The fourth-order valence-corrected chi connectivity index (χ4v) is 3.41. The number of aromatic amines is 1. The third-order valence-electron chi connectivity index (χ3n) is 2.98.